The predicted molar refractivity (Wildman–Crippen MR) is 147 cm³/mol. The Kier molecular flexibility index (Phi) is 11.9. The first-order chi connectivity index (χ1) is 18.4. The van der Waals surface area contributed by atoms with Crippen LogP contribution in [0.1, 0.15) is 30.9 Å². The van der Waals surface area contributed by atoms with Gasteiger partial charge in [-0.25, -0.2) is 9.59 Å². The summed E-state index contributed by atoms with van der Waals surface area (Å²) in [6, 6.07) is 24.1. The zero-order valence-electron chi connectivity index (χ0n) is 21.6. The third-order valence-electron chi connectivity index (χ3n) is 5.88. The van der Waals surface area contributed by atoms with Gasteiger partial charge < -0.3 is 24.2 Å². The number of aliphatic carboxylic acids is 1. The van der Waals surface area contributed by atoms with Crippen molar-refractivity contribution in [3.8, 4) is 11.5 Å². The Balaban J connectivity index is 1.53. The lowest BCUT2D eigenvalue weighted by Gasteiger charge is -2.22. The number of unbranched alkanes of at least 4 members (excludes halogenated alkanes) is 1. The molecule has 8 heteroatoms. The van der Waals surface area contributed by atoms with Crippen LogP contribution >= 0.6 is 11.6 Å². The Morgan fingerprint density at radius 3 is 2.21 bits per heavy atom. The van der Waals surface area contributed by atoms with Crippen LogP contribution in [0.3, 0.4) is 0 Å². The van der Waals surface area contributed by atoms with Gasteiger partial charge in [0, 0.05) is 24.6 Å². The fraction of sp³-hybridized carbons (Fsp3) is 0.333. The Labute approximate surface area is 228 Å². The average molecular weight is 540 g/mol. The fourth-order valence-electron chi connectivity index (χ4n) is 3.87. The van der Waals surface area contributed by atoms with Gasteiger partial charge in [-0.15, -0.1) is 0 Å². The molecule has 0 spiro atoms. The number of hydrogen-bond donors (Lipinski definition) is 1. The summed E-state index contributed by atoms with van der Waals surface area (Å²) in [5.74, 6) is 0.0746. The average Bonchev–Trinajstić information content (AvgIpc) is 2.92. The molecule has 3 aromatic carbocycles. The van der Waals surface area contributed by atoms with E-state index in [0.29, 0.717) is 36.2 Å². The topological polar surface area (TPSA) is 85.3 Å². The van der Waals surface area contributed by atoms with Crippen LogP contribution in [-0.2, 0) is 22.4 Å². The second-order valence-corrected chi connectivity index (χ2v) is 9.17. The van der Waals surface area contributed by atoms with Crippen molar-refractivity contribution < 1.29 is 28.9 Å². The Hall–Kier alpha value is -3.55. The number of hydrogen-bond acceptors (Lipinski definition) is 5. The van der Waals surface area contributed by atoms with E-state index in [2.05, 4.69) is 12.1 Å². The molecule has 0 saturated heterocycles. The zero-order chi connectivity index (χ0) is 27.2. The monoisotopic (exact) mass is 539 g/mol. The number of ether oxygens (including phenoxy) is 3. The summed E-state index contributed by atoms with van der Waals surface area (Å²) in [5, 5.41) is 9.84. The van der Waals surface area contributed by atoms with E-state index in [9.17, 15) is 14.7 Å². The second-order valence-electron chi connectivity index (χ2n) is 8.73. The van der Waals surface area contributed by atoms with E-state index in [0.717, 1.165) is 24.8 Å². The number of carbonyl (C=O) groups is 2. The molecule has 1 atom stereocenters. The maximum atomic E-state index is 12.9. The molecule has 0 heterocycles. The van der Waals surface area contributed by atoms with E-state index in [1.54, 1.807) is 48.2 Å². The fourth-order valence-corrected chi connectivity index (χ4v) is 3.99. The minimum atomic E-state index is -0.985. The van der Waals surface area contributed by atoms with Gasteiger partial charge in [0.05, 0.1) is 6.54 Å². The van der Waals surface area contributed by atoms with Gasteiger partial charge in [-0.05, 0) is 73.7 Å². The Morgan fingerprint density at radius 2 is 1.55 bits per heavy atom. The Morgan fingerprint density at radius 1 is 0.868 bits per heavy atom. The molecule has 7 nitrogen and oxygen atoms in total. The molecule has 38 heavy (non-hydrogen) atoms. The molecule has 1 N–H and O–H groups in total. The second kappa shape index (κ2) is 15.6. The molecule has 0 aromatic heterocycles. The van der Waals surface area contributed by atoms with Crippen molar-refractivity contribution >= 4 is 23.7 Å². The molecule has 1 amide bonds. The van der Waals surface area contributed by atoms with Crippen LogP contribution in [0.2, 0.25) is 5.02 Å². The number of aryl methyl sites for hydroxylation is 1. The lowest BCUT2D eigenvalue weighted by atomic mass is 10.1. The van der Waals surface area contributed by atoms with Crippen LogP contribution in [0.4, 0.5) is 4.79 Å². The summed E-state index contributed by atoms with van der Waals surface area (Å²) >= 11 is 5.94. The van der Waals surface area contributed by atoms with Crippen molar-refractivity contribution in [2.45, 2.75) is 38.7 Å². The van der Waals surface area contributed by atoms with Crippen LogP contribution in [0.15, 0.2) is 78.9 Å². The van der Waals surface area contributed by atoms with Gasteiger partial charge in [0.25, 0.3) is 0 Å². The quantitative estimate of drug-likeness (QED) is 0.229. The minimum Gasteiger partial charge on any atom is -0.492 e. The van der Waals surface area contributed by atoms with Crippen LogP contribution in [0.5, 0.6) is 11.5 Å². The van der Waals surface area contributed by atoms with Crippen LogP contribution in [-0.4, -0.2) is 54.5 Å². The van der Waals surface area contributed by atoms with Gasteiger partial charge in [0.1, 0.15) is 18.1 Å². The van der Waals surface area contributed by atoms with E-state index in [1.165, 1.54) is 5.56 Å². The van der Waals surface area contributed by atoms with E-state index in [4.69, 9.17) is 25.8 Å². The maximum Gasteiger partial charge on any atom is 0.415 e. The largest absolute Gasteiger partial charge is 0.492 e. The SMILES string of the molecule is CCOC(Cc1ccc(OCCN(CCCCc2ccccc2)C(=O)Oc2ccc(Cl)cc2)cc1)C(=O)O. The minimum absolute atomic E-state index is 0.275. The van der Waals surface area contributed by atoms with Crippen LogP contribution in [0.25, 0.3) is 0 Å². The van der Waals surface area contributed by atoms with Crippen molar-refractivity contribution in [3.05, 3.63) is 95.0 Å². The predicted octanol–water partition coefficient (Wildman–Crippen LogP) is 6.27. The molecule has 0 bridgehead atoms. The van der Waals surface area contributed by atoms with E-state index >= 15 is 0 Å². The number of carbonyl (C=O) groups excluding carboxylic acids is 1. The summed E-state index contributed by atoms with van der Waals surface area (Å²) in [5.41, 5.74) is 2.11. The van der Waals surface area contributed by atoms with Gasteiger partial charge >= 0.3 is 12.1 Å². The molecule has 0 aliphatic carbocycles. The number of rotatable bonds is 15. The van der Waals surface area contributed by atoms with Crippen molar-refractivity contribution in [3.63, 3.8) is 0 Å². The number of amides is 1. The van der Waals surface area contributed by atoms with Gasteiger partial charge in [0.15, 0.2) is 6.10 Å². The summed E-state index contributed by atoms with van der Waals surface area (Å²) in [7, 11) is 0. The summed E-state index contributed by atoms with van der Waals surface area (Å²) in [4.78, 5) is 25.9. The summed E-state index contributed by atoms with van der Waals surface area (Å²) in [6.07, 6.45) is 1.66. The van der Waals surface area contributed by atoms with Gasteiger partial charge in [-0.1, -0.05) is 54.1 Å². The Bertz CT molecular complexity index is 1120. The van der Waals surface area contributed by atoms with Crippen LogP contribution in [0, 0.1) is 0 Å². The van der Waals surface area contributed by atoms with Gasteiger partial charge in [-0.2, -0.15) is 0 Å². The van der Waals surface area contributed by atoms with Crippen molar-refractivity contribution in [2.75, 3.05) is 26.3 Å². The number of benzene rings is 3. The first kappa shape index (κ1) is 29.0. The molecule has 0 fully saturated rings. The maximum absolute atomic E-state index is 12.9. The number of carboxylic acid groups (broad SMARTS) is 1. The van der Waals surface area contributed by atoms with E-state index in [-0.39, 0.29) is 13.0 Å². The highest BCUT2D eigenvalue weighted by molar-refractivity contribution is 6.30. The van der Waals surface area contributed by atoms with Crippen molar-refractivity contribution in [1.29, 1.82) is 0 Å². The molecule has 1 unspecified atom stereocenters. The number of nitrogens with zero attached hydrogens (tertiary/aromatic N) is 1. The van der Waals surface area contributed by atoms with Crippen molar-refractivity contribution in [1.82, 2.24) is 4.90 Å². The first-order valence-corrected chi connectivity index (χ1v) is 13.1. The lowest BCUT2D eigenvalue weighted by Crippen LogP contribution is -2.37. The molecule has 0 saturated carbocycles. The van der Waals surface area contributed by atoms with Crippen molar-refractivity contribution in [2.24, 2.45) is 0 Å². The third-order valence-corrected chi connectivity index (χ3v) is 6.13. The van der Waals surface area contributed by atoms with Gasteiger partial charge in [-0.3, -0.25) is 0 Å². The molecule has 3 aromatic rings. The normalized spacial score (nSPS) is 11.5. The molecular formula is C30H34ClNO6. The molecule has 202 valence electrons. The van der Waals surface area contributed by atoms with Crippen LogP contribution < -0.4 is 9.47 Å². The standard InChI is InChI=1S/C30H34ClNO6/c1-2-36-28(29(33)34)22-24-11-15-26(16-12-24)37-21-20-32(19-7-6-10-23-8-4-3-5-9-23)30(35)38-27-17-13-25(31)14-18-27/h3-5,8-9,11-18,28H,2,6-7,10,19-22H2,1H3,(H,33,34). The highest BCUT2D eigenvalue weighted by Gasteiger charge is 2.18. The zero-order valence-corrected chi connectivity index (χ0v) is 22.3. The van der Waals surface area contributed by atoms with E-state index < -0.39 is 18.2 Å². The highest BCUT2D eigenvalue weighted by atomic mass is 35.5. The molecule has 0 aliphatic rings. The first-order valence-electron chi connectivity index (χ1n) is 12.8. The smallest absolute Gasteiger partial charge is 0.415 e. The van der Waals surface area contributed by atoms with Gasteiger partial charge in [0.2, 0.25) is 0 Å². The molecule has 3 rings (SSSR count). The molecule has 0 radical (unpaired) electrons. The highest BCUT2D eigenvalue weighted by Crippen LogP contribution is 2.18. The molecule has 0 aliphatic heterocycles. The summed E-state index contributed by atoms with van der Waals surface area (Å²) < 4.78 is 16.7. The number of carboxylic acids is 1. The van der Waals surface area contributed by atoms with E-state index in [1.807, 2.05) is 30.3 Å². The number of halogens is 1. The summed E-state index contributed by atoms with van der Waals surface area (Å²) in [6.45, 7) is 3.27. The lowest BCUT2D eigenvalue weighted by molar-refractivity contribution is -0.149. The third kappa shape index (κ3) is 10.1. The molecular weight excluding hydrogens is 506 g/mol.